The Morgan fingerprint density at radius 2 is 1.91 bits per heavy atom. The standard InChI is InChI=1S/C23H26F3N5OS/c1-15-18(32-14-27-15)19-28-29-20(30(19)3)33-10-4-9-31-12-21(2)11-22(21,13-31)16-5-7-17(8-6-16)23(24,25)26/h5-8,14H,4,9-13H2,1-3H3/t21-,22-/m0/s1. The van der Waals surface area contributed by atoms with E-state index in [0.29, 0.717) is 11.6 Å². The first kappa shape index (κ1) is 22.5. The van der Waals surface area contributed by atoms with E-state index >= 15 is 0 Å². The molecular formula is C23H26F3N5OS. The number of nitrogens with zero attached hydrogens (tertiary/aromatic N) is 5. The summed E-state index contributed by atoms with van der Waals surface area (Å²) in [6, 6.07) is 5.79. The maximum absolute atomic E-state index is 12.9. The van der Waals surface area contributed by atoms with E-state index < -0.39 is 11.7 Å². The van der Waals surface area contributed by atoms with Gasteiger partial charge in [0.25, 0.3) is 0 Å². The fourth-order valence-electron chi connectivity index (χ4n) is 5.29. The molecule has 0 bridgehead atoms. The fraction of sp³-hybridized carbons (Fsp3) is 0.522. The summed E-state index contributed by atoms with van der Waals surface area (Å²) in [6.45, 7) is 6.97. The molecule has 3 heterocycles. The van der Waals surface area contributed by atoms with E-state index in [9.17, 15) is 13.2 Å². The van der Waals surface area contributed by atoms with E-state index in [1.54, 1.807) is 23.9 Å². The zero-order valence-corrected chi connectivity index (χ0v) is 19.6. The van der Waals surface area contributed by atoms with Gasteiger partial charge in [-0.05, 0) is 49.4 Å². The molecule has 0 radical (unpaired) electrons. The van der Waals surface area contributed by atoms with Gasteiger partial charge in [-0.3, -0.25) is 0 Å². The van der Waals surface area contributed by atoms with Crippen molar-refractivity contribution in [2.45, 2.75) is 43.4 Å². The number of fused-ring (bicyclic) bond motifs is 1. The number of alkyl halides is 3. The van der Waals surface area contributed by atoms with Crippen LogP contribution in [-0.4, -0.2) is 50.0 Å². The van der Waals surface area contributed by atoms with Crippen LogP contribution in [0.15, 0.2) is 40.2 Å². The molecule has 2 atom stereocenters. The summed E-state index contributed by atoms with van der Waals surface area (Å²) in [7, 11) is 1.92. The largest absolute Gasteiger partial charge is 0.440 e. The van der Waals surface area contributed by atoms with Crippen LogP contribution >= 0.6 is 11.8 Å². The van der Waals surface area contributed by atoms with Crippen molar-refractivity contribution >= 4 is 11.8 Å². The van der Waals surface area contributed by atoms with Crippen molar-refractivity contribution < 1.29 is 17.6 Å². The molecule has 0 amide bonds. The number of hydrogen-bond acceptors (Lipinski definition) is 6. The van der Waals surface area contributed by atoms with Gasteiger partial charge in [-0.15, -0.1) is 10.2 Å². The molecule has 2 fully saturated rings. The van der Waals surface area contributed by atoms with Crippen LogP contribution in [0.4, 0.5) is 13.2 Å². The molecule has 1 saturated heterocycles. The quantitative estimate of drug-likeness (QED) is 0.355. The molecule has 5 rings (SSSR count). The van der Waals surface area contributed by atoms with Crippen molar-refractivity contribution in [1.29, 1.82) is 0 Å². The number of oxazole rings is 1. The predicted octanol–water partition coefficient (Wildman–Crippen LogP) is 4.94. The summed E-state index contributed by atoms with van der Waals surface area (Å²) < 4.78 is 46.1. The van der Waals surface area contributed by atoms with Crippen LogP contribution in [0, 0.1) is 12.3 Å². The van der Waals surface area contributed by atoms with Crippen molar-refractivity contribution in [3.05, 3.63) is 47.5 Å². The molecule has 0 N–H and O–H groups in total. The molecule has 1 saturated carbocycles. The highest BCUT2D eigenvalue weighted by Crippen LogP contribution is 2.68. The van der Waals surface area contributed by atoms with Gasteiger partial charge in [-0.1, -0.05) is 30.8 Å². The molecular weight excluding hydrogens is 451 g/mol. The summed E-state index contributed by atoms with van der Waals surface area (Å²) in [6.07, 6.45) is -0.850. The Bertz CT molecular complexity index is 1160. The second-order valence-corrected chi connectivity index (χ2v) is 10.5. The van der Waals surface area contributed by atoms with E-state index in [4.69, 9.17) is 4.42 Å². The average Bonchev–Trinajstić information content (AvgIpc) is 3.11. The Balaban J connectivity index is 1.15. The monoisotopic (exact) mass is 477 g/mol. The number of thioether (sulfide) groups is 1. The van der Waals surface area contributed by atoms with Crippen LogP contribution in [0.25, 0.3) is 11.6 Å². The number of hydrogen-bond donors (Lipinski definition) is 0. The SMILES string of the molecule is Cc1ncoc1-c1nnc(SCCCN2C[C@]3(C)C[C@@]3(c3ccc(C(F)(F)F)cc3)C2)n1C. The van der Waals surface area contributed by atoms with Gasteiger partial charge in [0.1, 0.15) is 0 Å². The van der Waals surface area contributed by atoms with Crippen LogP contribution in [0.1, 0.15) is 36.6 Å². The predicted molar refractivity (Wildman–Crippen MR) is 119 cm³/mol. The van der Waals surface area contributed by atoms with Gasteiger partial charge in [0.15, 0.2) is 17.3 Å². The van der Waals surface area contributed by atoms with Crippen molar-refractivity contribution in [3.8, 4) is 11.6 Å². The average molecular weight is 478 g/mol. The molecule has 0 unspecified atom stereocenters. The minimum atomic E-state index is -4.29. The second kappa shape index (κ2) is 7.87. The first-order chi connectivity index (χ1) is 15.6. The zero-order chi connectivity index (χ0) is 23.4. The highest BCUT2D eigenvalue weighted by molar-refractivity contribution is 7.99. The smallest absolute Gasteiger partial charge is 0.416 e. The third-order valence-electron chi connectivity index (χ3n) is 7.19. The lowest BCUT2D eigenvalue weighted by Gasteiger charge is -2.21. The molecule has 2 aliphatic rings. The highest BCUT2D eigenvalue weighted by atomic mass is 32.2. The molecule has 10 heteroatoms. The lowest BCUT2D eigenvalue weighted by molar-refractivity contribution is -0.137. The van der Waals surface area contributed by atoms with Gasteiger partial charge in [-0.25, -0.2) is 4.98 Å². The van der Waals surface area contributed by atoms with Crippen LogP contribution in [0.5, 0.6) is 0 Å². The molecule has 1 aliphatic heterocycles. The minimum absolute atomic E-state index is 0.0162. The van der Waals surface area contributed by atoms with Crippen LogP contribution in [0.3, 0.4) is 0 Å². The van der Waals surface area contributed by atoms with Gasteiger partial charge in [0.05, 0.1) is 11.3 Å². The molecule has 2 aromatic heterocycles. The number of piperidine rings is 1. The fourth-order valence-corrected chi connectivity index (χ4v) is 6.13. The number of aryl methyl sites for hydroxylation is 1. The molecule has 3 aromatic rings. The number of halogens is 3. The lowest BCUT2D eigenvalue weighted by Crippen LogP contribution is -2.28. The topological polar surface area (TPSA) is 60.0 Å². The van der Waals surface area contributed by atoms with E-state index in [0.717, 1.165) is 54.6 Å². The van der Waals surface area contributed by atoms with Crippen molar-refractivity contribution in [1.82, 2.24) is 24.6 Å². The van der Waals surface area contributed by atoms with Gasteiger partial charge < -0.3 is 13.9 Å². The summed E-state index contributed by atoms with van der Waals surface area (Å²) in [5.74, 6) is 2.20. The zero-order valence-electron chi connectivity index (χ0n) is 18.8. The van der Waals surface area contributed by atoms with E-state index in [2.05, 4.69) is 27.0 Å². The van der Waals surface area contributed by atoms with Crippen LogP contribution < -0.4 is 0 Å². The Morgan fingerprint density at radius 1 is 1.15 bits per heavy atom. The van der Waals surface area contributed by atoms with Gasteiger partial charge in [-0.2, -0.15) is 13.2 Å². The van der Waals surface area contributed by atoms with E-state index in [1.807, 2.05) is 18.5 Å². The summed E-state index contributed by atoms with van der Waals surface area (Å²) in [5.41, 5.74) is 1.36. The van der Waals surface area contributed by atoms with E-state index in [-0.39, 0.29) is 10.8 Å². The highest BCUT2D eigenvalue weighted by Gasteiger charge is 2.69. The Labute approximate surface area is 194 Å². The third-order valence-corrected chi connectivity index (χ3v) is 8.29. The molecule has 33 heavy (non-hydrogen) atoms. The molecule has 0 spiro atoms. The van der Waals surface area contributed by atoms with E-state index in [1.165, 1.54) is 18.5 Å². The number of likely N-dealkylation sites (tertiary alicyclic amines) is 1. The molecule has 1 aliphatic carbocycles. The maximum Gasteiger partial charge on any atom is 0.416 e. The van der Waals surface area contributed by atoms with Crippen LogP contribution in [-0.2, 0) is 18.6 Å². The van der Waals surface area contributed by atoms with Crippen molar-refractivity contribution in [2.75, 3.05) is 25.4 Å². The van der Waals surface area contributed by atoms with Crippen molar-refractivity contribution in [2.24, 2.45) is 12.5 Å². The Morgan fingerprint density at radius 3 is 2.58 bits per heavy atom. The normalized spacial score (nSPS) is 24.9. The van der Waals surface area contributed by atoms with Gasteiger partial charge >= 0.3 is 6.18 Å². The Kier molecular flexibility index (Phi) is 5.36. The third kappa shape index (κ3) is 3.86. The first-order valence-corrected chi connectivity index (χ1v) is 11.9. The summed E-state index contributed by atoms with van der Waals surface area (Å²) in [5, 5.41) is 9.36. The number of benzene rings is 1. The first-order valence-electron chi connectivity index (χ1n) is 11.0. The number of rotatable bonds is 7. The molecule has 6 nitrogen and oxygen atoms in total. The van der Waals surface area contributed by atoms with Crippen molar-refractivity contribution in [3.63, 3.8) is 0 Å². The maximum atomic E-state index is 12.9. The minimum Gasteiger partial charge on any atom is -0.440 e. The lowest BCUT2D eigenvalue weighted by atomic mass is 9.89. The molecule has 176 valence electrons. The van der Waals surface area contributed by atoms with Gasteiger partial charge in [0.2, 0.25) is 5.82 Å². The van der Waals surface area contributed by atoms with Gasteiger partial charge in [0, 0.05) is 31.3 Å². The molecule has 1 aromatic carbocycles. The second-order valence-electron chi connectivity index (χ2n) is 9.44. The Hall–Kier alpha value is -2.33. The summed E-state index contributed by atoms with van der Waals surface area (Å²) >= 11 is 1.66. The van der Waals surface area contributed by atoms with Crippen LogP contribution in [0.2, 0.25) is 0 Å². The number of aromatic nitrogens is 4. The summed E-state index contributed by atoms with van der Waals surface area (Å²) in [4.78, 5) is 6.56.